The van der Waals surface area contributed by atoms with E-state index < -0.39 is 0 Å². The highest BCUT2D eigenvalue weighted by molar-refractivity contribution is 5.86. The summed E-state index contributed by atoms with van der Waals surface area (Å²) in [5.41, 5.74) is 1.68. The second kappa shape index (κ2) is 8.54. The smallest absolute Gasteiger partial charge is 0.333 e. The molecule has 1 aromatic rings. The predicted octanol–water partition coefficient (Wildman–Crippen LogP) is 3.89. The van der Waals surface area contributed by atoms with Crippen LogP contribution in [0, 0.1) is 0 Å². The largest absolute Gasteiger partial charge is 0.456 e. The van der Waals surface area contributed by atoms with Gasteiger partial charge >= 0.3 is 5.97 Å². The van der Waals surface area contributed by atoms with Crippen molar-refractivity contribution in [3.63, 3.8) is 0 Å². The molecule has 1 aromatic carbocycles. The molecule has 0 radical (unpaired) electrons. The molecular weight excluding hydrogens is 274 g/mol. The van der Waals surface area contributed by atoms with Crippen LogP contribution in [0.4, 0.5) is 0 Å². The van der Waals surface area contributed by atoms with Gasteiger partial charge in [0.1, 0.15) is 19.2 Å². The lowest BCUT2D eigenvalue weighted by atomic mass is 10.0. The van der Waals surface area contributed by atoms with Crippen LogP contribution in [0.2, 0.25) is 0 Å². The molecule has 0 amide bonds. The second-order valence-corrected chi connectivity index (χ2v) is 5.58. The number of carbonyl (C=O) groups is 1. The van der Waals surface area contributed by atoms with Crippen LogP contribution in [-0.2, 0) is 9.53 Å². The maximum Gasteiger partial charge on any atom is 0.333 e. The number of likely N-dealkylation sites (N-methyl/N-ethyl adjacent to an activating group) is 1. The Morgan fingerprint density at radius 3 is 2.32 bits per heavy atom. The van der Waals surface area contributed by atoms with Crippen molar-refractivity contribution < 1.29 is 14.0 Å². The first-order chi connectivity index (χ1) is 10.5. The molecule has 0 spiro atoms. The van der Waals surface area contributed by atoms with Gasteiger partial charge in [-0.1, -0.05) is 43.5 Å². The summed E-state index contributed by atoms with van der Waals surface area (Å²) < 4.78 is 6.12. The lowest BCUT2D eigenvalue weighted by Gasteiger charge is -2.42. The number of quaternary nitrogens is 1. The molecule has 3 nitrogen and oxygen atoms in total. The molecule has 0 aliphatic rings. The molecule has 0 aliphatic heterocycles. The molecule has 3 heteroatoms. The summed E-state index contributed by atoms with van der Waals surface area (Å²) in [4.78, 5) is 11.6. The highest BCUT2D eigenvalue weighted by Gasteiger charge is 2.33. The highest BCUT2D eigenvalue weighted by atomic mass is 16.5. The number of hydrogen-bond donors (Lipinski definition) is 0. The molecule has 0 saturated heterocycles. The van der Waals surface area contributed by atoms with Crippen LogP contribution in [0.15, 0.2) is 55.1 Å². The van der Waals surface area contributed by atoms with Crippen molar-refractivity contribution in [1.29, 1.82) is 0 Å². The molecular formula is C19H28NO2+. The van der Waals surface area contributed by atoms with Crippen molar-refractivity contribution in [1.82, 2.24) is 0 Å². The molecule has 120 valence electrons. The molecule has 0 saturated carbocycles. The van der Waals surface area contributed by atoms with E-state index in [1.54, 1.807) is 6.92 Å². The van der Waals surface area contributed by atoms with Gasteiger partial charge < -0.3 is 9.22 Å². The van der Waals surface area contributed by atoms with E-state index >= 15 is 0 Å². The van der Waals surface area contributed by atoms with Gasteiger partial charge in [-0.15, -0.1) is 0 Å². The summed E-state index contributed by atoms with van der Waals surface area (Å²) in [6.45, 7) is 16.7. The third-order valence-corrected chi connectivity index (χ3v) is 4.33. The monoisotopic (exact) mass is 302 g/mol. The fourth-order valence-corrected chi connectivity index (χ4v) is 2.84. The summed E-state index contributed by atoms with van der Waals surface area (Å²) >= 11 is 0. The van der Waals surface area contributed by atoms with Gasteiger partial charge in [-0.05, 0) is 26.8 Å². The van der Waals surface area contributed by atoms with Crippen molar-refractivity contribution in [2.45, 2.75) is 26.8 Å². The van der Waals surface area contributed by atoms with Crippen molar-refractivity contribution in [3.05, 3.63) is 60.7 Å². The molecule has 1 atom stereocenters. The van der Waals surface area contributed by atoms with Crippen LogP contribution in [-0.4, -0.2) is 36.7 Å². The van der Waals surface area contributed by atoms with E-state index in [0.29, 0.717) is 12.2 Å². The van der Waals surface area contributed by atoms with Crippen LogP contribution < -0.4 is 0 Å². The van der Waals surface area contributed by atoms with Gasteiger partial charge in [0.05, 0.1) is 13.1 Å². The predicted molar refractivity (Wildman–Crippen MR) is 91.4 cm³/mol. The Bertz CT molecular complexity index is 503. The maximum atomic E-state index is 11.6. The van der Waals surface area contributed by atoms with E-state index in [2.05, 4.69) is 39.1 Å². The zero-order chi connectivity index (χ0) is 16.6. The van der Waals surface area contributed by atoms with Crippen molar-refractivity contribution in [2.24, 2.45) is 0 Å². The Labute approximate surface area is 134 Å². The second-order valence-electron chi connectivity index (χ2n) is 5.58. The Morgan fingerprint density at radius 2 is 1.86 bits per heavy atom. The third kappa shape index (κ3) is 4.31. The molecule has 1 rings (SSSR count). The number of benzene rings is 1. The van der Waals surface area contributed by atoms with Crippen LogP contribution in [0.1, 0.15) is 32.4 Å². The van der Waals surface area contributed by atoms with Gasteiger partial charge in [0.25, 0.3) is 0 Å². The number of hydrogen-bond acceptors (Lipinski definition) is 2. The molecule has 22 heavy (non-hydrogen) atoms. The molecule has 0 N–H and O–H groups in total. The fraction of sp³-hybridized carbons (Fsp3) is 0.421. The minimum Gasteiger partial charge on any atom is -0.456 e. The molecule has 0 heterocycles. The normalized spacial score (nSPS) is 12.5. The zero-order valence-corrected chi connectivity index (χ0v) is 14.0. The van der Waals surface area contributed by atoms with Crippen molar-refractivity contribution in [2.75, 3.05) is 26.2 Å². The lowest BCUT2D eigenvalue weighted by molar-refractivity contribution is -0.947. The van der Waals surface area contributed by atoms with Gasteiger partial charge in [-0.2, -0.15) is 0 Å². The Morgan fingerprint density at radius 1 is 1.27 bits per heavy atom. The first kappa shape index (κ1) is 18.2. The van der Waals surface area contributed by atoms with Crippen LogP contribution in [0.5, 0.6) is 0 Å². The average molecular weight is 302 g/mol. The van der Waals surface area contributed by atoms with Crippen molar-refractivity contribution >= 4 is 5.97 Å². The van der Waals surface area contributed by atoms with Gasteiger partial charge in [0.2, 0.25) is 0 Å². The number of ether oxygens (including phenoxy) is 1. The number of rotatable bonds is 9. The molecule has 0 fully saturated rings. The van der Waals surface area contributed by atoms with E-state index in [4.69, 9.17) is 4.74 Å². The van der Waals surface area contributed by atoms with Gasteiger partial charge in [0, 0.05) is 11.1 Å². The Balaban J connectivity index is 2.91. The van der Waals surface area contributed by atoms with E-state index in [-0.39, 0.29) is 12.0 Å². The summed E-state index contributed by atoms with van der Waals surface area (Å²) in [6, 6.07) is 10.6. The summed E-state index contributed by atoms with van der Waals surface area (Å²) in [6.07, 6.45) is 2.00. The standard InChI is InChI=1S/C19H28NO2/c1-6-18(17-12-10-9-11-13-17)20(7-2,8-3)14-15-22-19(21)16(4)5/h6,9-13,18H,1,4,7-8,14-15H2,2-3,5H3/q+1. The highest BCUT2D eigenvalue weighted by Crippen LogP contribution is 2.29. The molecule has 1 unspecified atom stereocenters. The minimum absolute atomic E-state index is 0.194. The summed E-state index contributed by atoms with van der Waals surface area (Å²) in [5.74, 6) is -0.319. The first-order valence-electron chi connectivity index (χ1n) is 7.86. The molecule has 0 aromatic heterocycles. The molecule has 0 bridgehead atoms. The number of carbonyl (C=O) groups excluding carboxylic acids is 1. The third-order valence-electron chi connectivity index (χ3n) is 4.33. The average Bonchev–Trinajstić information content (AvgIpc) is 2.54. The van der Waals surface area contributed by atoms with Gasteiger partial charge in [-0.25, -0.2) is 4.79 Å². The van der Waals surface area contributed by atoms with E-state index in [1.165, 1.54) is 5.56 Å². The minimum atomic E-state index is -0.319. The lowest BCUT2D eigenvalue weighted by Crippen LogP contribution is -2.51. The van der Waals surface area contributed by atoms with Crippen LogP contribution >= 0.6 is 0 Å². The topological polar surface area (TPSA) is 26.3 Å². The van der Waals surface area contributed by atoms with Gasteiger partial charge in [-0.3, -0.25) is 0 Å². The van der Waals surface area contributed by atoms with Gasteiger partial charge in [0.15, 0.2) is 0 Å². The fourth-order valence-electron chi connectivity index (χ4n) is 2.84. The SMILES string of the molecule is C=CC(c1ccccc1)[N+](CC)(CC)CCOC(=O)C(=C)C. The Kier molecular flexibility index (Phi) is 7.06. The first-order valence-corrected chi connectivity index (χ1v) is 7.86. The van der Waals surface area contributed by atoms with E-state index in [0.717, 1.165) is 24.1 Å². The number of nitrogens with zero attached hydrogens (tertiary/aromatic N) is 1. The number of esters is 1. The van der Waals surface area contributed by atoms with E-state index in [9.17, 15) is 4.79 Å². The van der Waals surface area contributed by atoms with Crippen LogP contribution in [0.25, 0.3) is 0 Å². The van der Waals surface area contributed by atoms with Crippen LogP contribution in [0.3, 0.4) is 0 Å². The summed E-state index contributed by atoms with van der Waals surface area (Å²) in [5, 5.41) is 0. The maximum absolute atomic E-state index is 11.6. The van der Waals surface area contributed by atoms with E-state index in [1.807, 2.05) is 24.3 Å². The molecule has 0 aliphatic carbocycles. The quantitative estimate of drug-likeness (QED) is 0.299. The summed E-state index contributed by atoms with van der Waals surface area (Å²) in [7, 11) is 0. The Hall–Kier alpha value is -1.87. The zero-order valence-electron chi connectivity index (χ0n) is 14.0. The van der Waals surface area contributed by atoms with Crippen molar-refractivity contribution in [3.8, 4) is 0 Å².